The summed E-state index contributed by atoms with van der Waals surface area (Å²) in [6.45, 7) is 2.00. The molecule has 1 fully saturated rings. The van der Waals surface area contributed by atoms with E-state index in [4.69, 9.17) is 0 Å². The smallest absolute Gasteiger partial charge is 0.328 e. The van der Waals surface area contributed by atoms with Crippen LogP contribution in [-0.4, -0.2) is 64.7 Å². The van der Waals surface area contributed by atoms with Crippen LogP contribution in [0.25, 0.3) is 0 Å². The molecule has 7 heteroatoms. The molecule has 2 heterocycles. The summed E-state index contributed by atoms with van der Waals surface area (Å²) in [6.07, 6.45) is 2.33. The summed E-state index contributed by atoms with van der Waals surface area (Å²) in [5.41, 5.74) is 0.370. The van der Waals surface area contributed by atoms with Gasteiger partial charge in [-0.25, -0.2) is 4.79 Å². The third-order valence-corrected chi connectivity index (χ3v) is 5.26. The molecule has 3 rings (SSSR count). The van der Waals surface area contributed by atoms with Crippen LogP contribution in [0.4, 0.5) is 4.79 Å². The third kappa shape index (κ3) is 3.47. The summed E-state index contributed by atoms with van der Waals surface area (Å²) in [7, 11) is 3.14. The highest BCUT2D eigenvalue weighted by Crippen LogP contribution is 2.36. The summed E-state index contributed by atoms with van der Waals surface area (Å²) < 4.78 is 0. The second kappa shape index (κ2) is 7.80. The van der Waals surface area contributed by atoms with Crippen LogP contribution in [0, 0.1) is 0 Å². The van der Waals surface area contributed by atoms with Gasteiger partial charge in [-0.2, -0.15) is 0 Å². The van der Waals surface area contributed by atoms with Gasteiger partial charge in [0, 0.05) is 39.0 Å². The number of likely N-dealkylation sites (N-methyl/N-ethyl adjacent to an activating group) is 2. The largest absolute Gasteiger partial charge is 0.344 e. The molecule has 0 spiro atoms. The lowest BCUT2D eigenvalue weighted by Crippen LogP contribution is -2.49. The van der Waals surface area contributed by atoms with E-state index in [0.717, 1.165) is 10.6 Å². The van der Waals surface area contributed by atoms with Gasteiger partial charge in [0.15, 0.2) is 0 Å². The van der Waals surface area contributed by atoms with Gasteiger partial charge in [0.1, 0.15) is 12.1 Å². The van der Waals surface area contributed by atoms with E-state index in [1.165, 1.54) is 11.9 Å². The summed E-state index contributed by atoms with van der Waals surface area (Å²) in [4.78, 5) is 46.6. The lowest BCUT2D eigenvalue weighted by molar-refractivity contribution is -0.135. The fraction of sp³-hybridized carbons (Fsp3) is 0.333. The zero-order valence-electron chi connectivity index (χ0n) is 16.3. The zero-order valence-corrected chi connectivity index (χ0v) is 16.3. The predicted molar refractivity (Wildman–Crippen MR) is 104 cm³/mol. The van der Waals surface area contributed by atoms with Crippen molar-refractivity contribution in [2.75, 3.05) is 27.2 Å². The van der Waals surface area contributed by atoms with E-state index in [9.17, 15) is 14.4 Å². The molecule has 1 aliphatic heterocycles. The molecule has 146 valence electrons. The lowest BCUT2D eigenvalue weighted by atomic mass is 9.90. The van der Waals surface area contributed by atoms with Crippen LogP contribution in [0.15, 0.2) is 54.7 Å². The van der Waals surface area contributed by atoms with Gasteiger partial charge >= 0.3 is 6.03 Å². The van der Waals surface area contributed by atoms with Crippen LogP contribution in [0.2, 0.25) is 0 Å². The summed E-state index contributed by atoms with van der Waals surface area (Å²) in [5.74, 6) is -0.567. The van der Waals surface area contributed by atoms with Crippen LogP contribution >= 0.6 is 0 Å². The number of hydrogen-bond acceptors (Lipinski definition) is 4. The van der Waals surface area contributed by atoms with E-state index in [2.05, 4.69) is 4.98 Å². The number of carbonyl (C=O) groups is 3. The number of pyridine rings is 1. The molecule has 1 aliphatic rings. The first-order valence-corrected chi connectivity index (χ1v) is 9.15. The molecule has 1 aromatic carbocycles. The number of urea groups is 1. The Hall–Kier alpha value is -3.22. The molecule has 0 bridgehead atoms. The number of rotatable bonds is 6. The average molecular weight is 380 g/mol. The van der Waals surface area contributed by atoms with Crippen molar-refractivity contribution in [3.05, 3.63) is 66.0 Å². The molecule has 1 atom stereocenters. The zero-order chi connectivity index (χ0) is 20.3. The number of hydrogen-bond donors (Lipinski definition) is 0. The van der Waals surface area contributed by atoms with Crippen molar-refractivity contribution >= 4 is 17.8 Å². The molecular formula is C21H24N4O3. The highest BCUT2D eigenvalue weighted by Gasteiger charge is 2.54. The van der Waals surface area contributed by atoms with Crippen LogP contribution in [0.5, 0.6) is 0 Å². The lowest BCUT2D eigenvalue weighted by Gasteiger charge is -2.32. The summed E-state index contributed by atoms with van der Waals surface area (Å²) in [5, 5.41) is 0. The second-order valence-corrected chi connectivity index (χ2v) is 7.06. The number of benzene rings is 1. The molecule has 7 nitrogen and oxygen atoms in total. The minimum absolute atomic E-state index is 0.168. The second-order valence-electron chi connectivity index (χ2n) is 7.06. The summed E-state index contributed by atoms with van der Waals surface area (Å²) >= 11 is 0. The van der Waals surface area contributed by atoms with Gasteiger partial charge < -0.3 is 4.90 Å². The Morgan fingerprint density at radius 1 is 1.11 bits per heavy atom. The fourth-order valence-corrected chi connectivity index (χ4v) is 3.38. The molecule has 28 heavy (non-hydrogen) atoms. The Bertz CT molecular complexity index is 872. The molecule has 1 saturated heterocycles. The van der Waals surface area contributed by atoms with Crippen molar-refractivity contribution in [3.63, 3.8) is 0 Å². The van der Waals surface area contributed by atoms with E-state index < -0.39 is 11.6 Å². The van der Waals surface area contributed by atoms with Crippen LogP contribution < -0.4 is 0 Å². The quantitative estimate of drug-likeness (QED) is 0.718. The van der Waals surface area contributed by atoms with Gasteiger partial charge in [0.25, 0.3) is 5.91 Å². The molecule has 2 aromatic rings. The SMILES string of the molecule is CN(CCc1ccccn1)C(=O)CN1C(=O)N(C)C(=O)[C@]1(C)c1ccccc1. The maximum Gasteiger partial charge on any atom is 0.328 e. The molecule has 0 unspecified atom stereocenters. The molecule has 4 amide bonds. The van der Waals surface area contributed by atoms with Crippen molar-refractivity contribution in [2.24, 2.45) is 0 Å². The number of carbonyl (C=O) groups excluding carboxylic acids is 3. The minimum atomic E-state index is -1.20. The van der Waals surface area contributed by atoms with Gasteiger partial charge in [0.2, 0.25) is 5.91 Å². The Kier molecular flexibility index (Phi) is 5.44. The van der Waals surface area contributed by atoms with Crippen molar-refractivity contribution in [2.45, 2.75) is 18.9 Å². The number of imide groups is 1. The summed E-state index contributed by atoms with van der Waals surface area (Å²) in [6, 6.07) is 14.3. The molecule has 0 aliphatic carbocycles. The van der Waals surface area contributed by atoms with E-state index in [-0.39, 0.29) is 18.4 Å². The number of amides is 4. The monoisotopic (exact) mass is 380 g/mol. The first-order chi connectivity index (χ1) is 13.4. The number of nitrogens with zero attached hydrogens (tertiary/aromatic N) is 4. The van der Waals surface area contributed by atoms with Gasteiger partial charge in [-0.15, -0.1) is 0 Å². The van der Waals surface area contributed by atoms with Gasteiger partial charge in [-0.05, 0) is 24.6 Å². The van der Waals surface area contributed by atoms with E-state index in [1.54, 1.807) is 37.2 Å². The average Bonchev–Trinajstić information content (AvgIpc) is 2.89. The maximum absolute atomic E-state index is 12.8. The van der Waals surface area contributed by atoms with Crippen LogP contribution in [0.1, 0.15) is 18.2 Å². The Balaban J connectivity index is 1.75. The van der Waals surface area contributed by atoms with Crippen molar-refractivity contribution in [1.29, 1.82) is 0 Å². The van der Waals surface area contributed by atoms with Crippen molar-refractivity contribution in [1.82, 2.24) is 19.7 Å². The Morgan fingerprint density at radius 2 is 1.79 bits per heavy atom. The Morgan fingerprint density at radius 3 is 2.43 bits per heavy atom. The predicted octanol–water partition coefficient (Wildman–Crippen LogP) is 1.89. The number of aromatic nitrogens is 1. The van der Waals surface area contributed by atoms with Crippen molar-refractivity contribution in [3.8, 4) is 0 Å². The third-order valence-electron chi connectivity index (χ3n) is 5.26. The molecular weight excluding hydrogens is 356 g/mol. The highest BCUT2D eigenvalue weighted by molar-refractivity contribution is 6.08. The normalized spacial score (nSPS) is 19.2. The first kappa shape index (κ1) is 19.5. The molecule has 0 N–H and O–H groups in total. The maximum atomic E-state index is 12.8. The fourth-order valence-electron chi connectivity index (χ4n) is 3.38. The molecule has 0 radical (unpaired) electrons. The van der Waals surface area contributed by atoms with Crippen molar-refractivity contribution < 1.29 is 14.4 Å². The van der Waals surface area contributed by atoms with E-state index in [0.29, 0.717) is 18.5 Å². The van der Waals surface area contributed by atoms with Gasteiger partial charge in [0.05, 0.1) is 0 Å². The first-order valence-electron chi connectivity index (χ1n) is 9.15. The van der Waals surface area contributed by atoms with Crippen LogP contribution in [-0.2, 0) is 21.5 Å². The van der Waals surface area contributed by atoms with E-state index in [1.807, 2.05) is 36.4 Å². The van der Waals surface area contributed by atoms with E-state index >= 15 is 0 Å². The molecule has 0 saturated carbocycles. The minimum Gasteiger partial charge on any atom is -0.344 e. The van der Waals surface area contributed by atoms with Gasteiger partial charge in [-0.1, -0.05) is 36.4 Å². The Labute approximate surface area is 164 Å². The van der Waals surface area contributed by atoms with Crippen LogP contribution in [0.3, 0.4) is 0 Å². The highest BCUT2D eigenvalue weighted by atomic mass is 16.2. The molecule has 1 aromatic heterocycles. The standard InChI is InChI=1S/C21H24N4O3/c1-21(16-9-5-4-6-10-16)19(27)24(3)20(28)25(21)15-18(26)23(2)14-12-17-11-7-8-13-22-17/h4-11,13H,12,14-15H2,1-3H3/t21-/m0/s1. The van der Waals surface area contributed by atoms with Gasteiger partial charge in [-0.3, -0.25) is 24.4 Å². The topological polar surface area (TPSA) is 73.8 Å².